The average Bonchev–Trinajstić information content (AvgIpc) is 2.27. The lowest BCUT2D eigenvalue weighted by Crippen LogP contribution is -2.11. The Labute approximate surface area is 93.5 Å². The topological polar surface area (TPSA) is 9.23 Å². The Kier molecular flexibility index (Phi) is 5.41. The van der Waals surface area contributed by atoms with E-state index in [4.69, 9.17) is 4.74 Å². The molecule has 2 atom stereocenters. The molecule has 0 fully saturated rings. The fourth-order valence-corrected chi connectivity index (χ4v) is 1.59. The van der Waals surface area contributed by atoms with E-state index in [-0.39, 0.29) is 12.2 Å². The van der Waals surface area contributed by atoms with Gasteiger partial charge in [0.15, 0.2) is 0 Å². The molecule has 0 spiro atoms. The van der Waals surface area contributed by atoms with Gasteiger partial charge in [0, 0.05) is 0 Å². The van der Waals surface area contributed by atoms with Gasteiger partial charge in [-0.25, -0.2) is 0 Å². The van der Waals surface area contributed by atoms with Crippen LogP contribution in [-0.4, -0.2) is 6.10 Å². The number of hydrogen-bond donors (Lipinski definition) is 0. The van der Waals surface area contributed by atoms with Crippen molar-refractivity contribution in [1.82, 2.24) is 0 Å². The van der Waals surface area contributed by atoms with Gasteiger partial charge in [0.1, 0.15) is 0 Å². The highest BCUT2D eigenvalue weighted by Crippen LogP contribution is 2.19. The average molecular weight is 205 g/mol. The van der Waals surface area contributed by atoms with Gasteiger partial charge in [0.05, 0.1) is 12.2 Å². The summed E-state index contributed by atoms with van der Waals surface area (Å²) < 4.78 is 5.83. The summed E-state index contributed by atoms with van der Waals surface area (Å²) in [4.78, 5) is 0. The molecule has 0 N–H and O–H groups in total. The van der Waals surface area contributed by atoms with Crippen molar-refractivity contribution < 1.29 is 4.74 Å². The number of unbranched alkanes of at least 4 members (excludes halogenated alkanes) is 1. The molecule has 0 aliphatic heterocycles. The fourth-order valence-electron chi connectivity index (χ4n) is 1.59. The third kappa shape index (κ3) is 4.48. The van der Waals surface area contributed by atoms with Crippen LogP contribution in [0.3, 0.4) is 0 Å². The van der Waals surface area contributed by atoms with Crippen LogP contribution in [0.4, 0.5) is 0 Å². The Bertz CT molecular complexity index is 255. The van der Waals surface area contributed by atoms with Crippen molar-refractivity contribution in [2.45, 2.75) is 45.3 Å². The van der Waals surface area contributed by atoms with E-state index >= 15 is 0 Å². The van der Waals surface area contributed by atoms with E-state index in [1.807, 2.05) is 18.2 Å². The van der Waals surface area contributed by atoms with Crippen molar-refractivity contribution in [1.29, 1.82) is 0 Å². The van der Waals surface area contributed by atoms with Gasteiger partial charge in [-0.2, -0.15) is 0 Å². The summed E-state index contributed by atoms with van der Waals surface area (Å²) in [6.45, 7) is 8.29. The molecule has 0 aliphatic carbocycles. The van der Waals surface area contributed by atoms with Crippen LogP contribution < -0.4 is 0 Å². The minimum Gasteiger partial charge on any atom is -0.371 e. The molecule has 1 rings (SSSR count). The molecule has 0 bridgehead atoms. The van der Waals surface area contributed by atoms with Crippen molar-refractivity contribution in [2.24, 2.45) is 0 Å². The molecular formula is C14H21O. The Hall–Kier alpha value is -0.820. The van der Waals surface area contributed by atoms with Gasteiger partial charge in [-0.05, 0) is 25.8 Å². The monoisotopic (exact) mass is 205 g/mol. The summed E-state index contributed by atoms with van der Waals surface area (Å²) in [7, 11) is 0. The zero-order valence-corrected chi connectivity index (χ0v) is 9.78. The second-order valence-corrected chi connectivity index (χ2v) is 3.95. The first-order valence-corrected chi connectivity index (χ1v) is 5.77. The molecule has 1 nitrogen and oxygen atoms in total. The molecule has 0 heterocycles. The molecule has 0 saturated heterocycles. The standard InChI is InChI=1S/C14H21O/c1-4-5-9-12(2)15-13(3)14-10-7-6-8-11-14/h6-8,10-13H,2,4-5,9H2,1,3H3. The van der Waals surface area contributed by atoms with Crippen molar-refractivity contribution >= 4 is 0 Å². The quantitative estimate of drug-likeness (QED) is 0.677. The second-order valence-electron chi connectivity index (χ2n) is 3.95. The Morgan fingerprint density at radius 3 is 2.53 bits per heavy atom. The minimum absolute atomic E-state index is 0.111. The predicted molar refractivity (Wildman–Crippen MR) is 64.6 cm³/mol. The molecule has 0 saturated carbocycles. The smallest absolute Gasteiger partial charge is 0.0800 e. The molecule has 83 valence electrons. The van der Waals surface area contributed by atoms with Crippen molar-refractivity contribution in [2.75, 3.05) is 0 Å². The first-order chi connectivity index (χ1) is 7.24. The third-order valence-corrected chi connectivity index (χ3v) is 2.55. The van der Waals surface area contributed by atoms with Crippen LogP contribution in [0, 0.1) is 6.92 Å². The summed E-state index contributed by atoms with van der Waals surface area (Å²) in [6, 6.07) is 10.3. The lowest BCUT2D eigenvalue weighted by Gasteiger charge is -2.19. The van der Waals surface area contributed by atoms with Crippen LogP contribution in [0.5, 0.6) is 0 Å². The number of ether oxygens (including phenoxy) is 1. The summed E-state index contributed by atoms with van der Waals surface area (Å²) in [6.07, 6.45) is 3.70. The molecule has 0 aromatic heterocycles. The van der Waals surface area contributed by atoms with Crippen LogP contribution in [-0.2, 0) is 4.74 Å². The van der Waals surface area contributed by atoms with E-state index in [2.05, 4.69) is 32.9 Å². The molecule has 2 unspecified atom stereocenters. The van der Waals surface area contributed by atoms with Crippen LogP contribution in [0.15, 0.2) is 30.3 Å². The van der Waals surface area contributed by atoms with Crippen molar-refractivity contribution in [3.05, 3.63) is 42.8 Å². The number of hydrogen-bond acceptors (Lipinski definition) is 1. The highest BCUT2D eigenvalue weighted by Gasteiger charge is 2.09. The zero-order valence-electron chi connectivity index (χ0n) is 9.78. The highest BCUT2D eigenvalue weighted by atomic mass is 16.5. The van der Waals surface area contributed by atoms with E-state index in [0.717, 1.165) is 6.42 Å². The molecule has 1 aromatic carbocycles. The third-order valence-electron chi connectivity index (χ3n) is 2.55. The van der Waals surface area contributed by atoms with Gasteiger partial charge >= 0.3 is 0 Å². The second kappa shape index (κ2) is 6.62. The first kappa shape index (κ1) is 12.3. The zero-order chi connectivity index (χ0) is 11.1. The molecule has 0 amide bonds. The lowest BCUT2D eigenvalue weighted by atomic mass is 10.1. The SMILES string of the molecule is [CH2]C(CCCC)OC(C)c1ccccc1. The largest absolute Gasteiger partial charge is 0.371 e. The van der Waals surface area contributed by atoms with Gasteiger partial charge in [-0.1, -0.05) is 50.1 Å². The maximum Gasteiger partial charge on any atom is 0.0800 e. The van der Waals surface area contributed by atoms with Crippen LogP contribution in [0.25, 0.3) is 0 Å². The molecule has 15 heavy (non-hydrogen) atoms. The summed E-state index contributed by atoms with van der Waals surface area (Å²) >= 11 is 0. The molecule has 1 heteroatoms. The van der Waals surface area contributed by atoms with E-state index in [0.29, 0.717) is 0 Å². The highest BCUT2D eigenvalue weighted by molar-refractivity contribution is 5.16. The summed E-state index contributed by atoms with van der Waals surface area (Å²) in [5.74, 6) is 0. The molecular weight excluding hydrogens is 184 g/mol. The fraction of sp³-hybridized carbons (Fsp3) is 0.500. The Morgan fingerprint density at radius 1 is 1.27 bits per heavy atom. The van der Waals surface area contributed by atoms with E-state index in [1.54, 1.807) is 0 Å². The Morgan fingerprint density at radius 2 is 1.93 bits per heavy atom. The lowest BCUT2D eigenvalue weighted by molar-refractivity contribution is 0.0165. The molecule has 0 aliphatic rings. The maximum atomic E-state index is 5.83. The van der Waals surface area contributed by atoms with Gasteiger partial charge in [-0.3, -0.25) is 0 Å². The van der Waals surface area contributed by atoms with E-state index < -0.39 is 0 Å². The van der Waals surface area contributed by atoms with Crippen molar-refractivity contribution in [3.8, 4) is 0 Å². The molecule has 1 radical (unpaired) electrons. The normalized spacial score (nSPS) is 14.9. The number of benzene rings is 1. The van der Waals surface area contributed by atoms with Crippen LogP contribution in [0.1, 0.15) is 44.8 Å². The number of rotatable bonds is 6. The van der Waals surface area contributed by atoms with E-state index in [9.17, 15) is 0 Å². The van der Waals surface area contributed by atoms with E-state index in [1.165, 1.54) is 18.4 Å². The molecule has 1 aromatic rings. The van der Waals surface area contributed by atoms with Crippen LogP contribution >= 0.6 is 0 Å². The van der Waals surface area contributed by atoms with Gasteiger partial charge in [-0.15, -0.1) is 0 Å². The maximum absolute atomic E-state index is 5.83. The van der Waals surface area contributed by atoms with Gasteiger partial charge < -0.3 is 4.74 Å². The van der Waals surface area contributed by atoms with Gasteiger partial charge in [0.25, 0.3) is 0 Å². The first-order valence-electron chi connectivity index (χ1n) is 5.77. The van der Waals surface area contributed by atoms with Gasteiger partial charge in [0.2, 0.25) is 0 Å². The summed E-state index contributed by atoms with van der Waals surface area (Å²) in [5.41, 5.74) is 1.22. The summed E-state index contributed by atoms with van der Waals surface area (Å²) in [5, 5.41) is 0. The van der Waals surface area contributed by atoms with Crippen molar-refractivity contribution in [3.63, 3.8) is 0 Å². The predicted octanol–water partition coefficient (Wildman–Crippen LogP) is 4.16. The Balaban J connectivity index is 2.38. The minimum atomic E-state index is 0.111. The van der Waals surface area contributed by atoms with Crippen LogP contribution in [0.2, 0.25) is 0 Å².